The largest absolute Gasteiger partial charge is 0.369 e. The number of rotatable bonds is 9. The molecule has 23 heavy (non-hydrogen) atoms. The summed E-state index contributed by atoms with van der Waals surface area (Å²) in [7, 11) is 0. The van der Waals surface area contributed by atoms with Crippen molar-refractivity contribution in [3.63, 3.8) is 0 Å². The first-order valence-corrected chi connectivity index (χ1v) is 7.59. The van der Waals surface area contributed by atoms with Gasteiger partial charge in [-0.25, -0.2) is 0 Å². The maximum absolute atomic E-state index is 12.1. The molecule has 130 valence electrons. The van der Waals surface area contributed by atoms with Crippen LogP contribution in [0.4, 0.5) is 5.69 Å². The molecule has 1 rings (SSSR count). The molecule has 7 heteroatoms. The van der Waals surface area contributed by atoms with Gasteiger partial charge in [-0.05, 0) is 25.5 Å². The van der Waals surface area contributed by atoms with Crippen LogP contribution < -0.4 is 16.4 Å². The molecule has 6 nitrogen and oxygen atoms in total. The Balaban J connectivity index is 0.00000484. The minimum Gasteiger partial charge on any atom is -0.369 e. The highest BCUT2D eigenvalue weighted by atomic mass is 35.5. The third kappa shape index (κ3) is 7.45. The van der Waals surface area contributed by atoms with Crippen LogP contribution in [0.15, 0.2) is 24.3 Å². The highest BCUT2D eigenvalue weighted by Crippen LogP contribution is 2.15. The molecule has 0 aliphatic rings. The predicted octanol–water partition coefficient (Wildman–Crippen LogP) is 1.94. The van der Waals surface area contributed by atoms with Crippen molar-refractivity contribution in [1.82, 2.24) is 5.32 Å². The fourth-order valence-corrected chi connectivity index (χ4v) is 1.79. The number of anilines is 1. The number of ether oxygens (including phenoxy) is 1. The number of nitrogens with two attached hydrogens (primary N) is 1. The van der Waals surface area contributed by atoms with Crippen LogP contribution in [0.2, 0.25) is 0 Å². The van der Waals surface area contributed by atoms with Crippen molar-refractivity contribution in [2.75, 3.05) is 25.0 Å². The minimum absolute atomic E-state index is 0. The van der Waals surface area contributed by atoms with Crippen molar-refractivity contribution in [3.8, 4) is 0 Å². The Morgan fingerprint density at radius 2 is 2.00 bits per heavy atom. The number of amides is 2. The molecule has 0 aliphatic carbocycles. The molecule has 2 amide bonds. The molecule has 1 atom stereocenters. The molecule has 0 bridgehead atoms. The van der Waals surface area contributed by atoms with E-state index in [-0.39, 0.29) is 24.2 Å². The van der Waals surface area contributed by atoms with E-state index in [2.05, 4.69) is 17.6 Å². The van der Waals surface area contributed by atoms with Gasteiger partial charge in [0.05, 0.1) is 11.3 Å². The Morgan fingerprint density at radius 1 is 1.30 bits per heavy atom. The van der Waals surface area contributed by atoms with Gasteiger partial charge in [-0.3, -0.25) is 9.59 Å². The lowest BCUT2D eigenvalue weighted by Crippen LogP contribution is -2.32. The number of unbranched alkanes of at least 4 members (excludes halogenated alkanes) is 1. The fraction of sp³-hybridized carbons (Fsp3) is 0.500. The molecule has 1 aromatic carbocycles. The van der Waals surface area contributed by atoms with E-state index in [0.717, 1.165) is 12.8 Å². The number of nitrogens with one attached hydrogen (secondary N) is 2. The molecule has 0 radical (unpaired) electrons. The number of hydrogen-bond acceptors (Lipinski definition) is 4. The third-order valence-corrected chi connectivity index (χ3v) is 3.09. The standard InChI is InChI=1S/C16H25N3O3.ClH/c1-3-4-11-22-12(2)15(20)19-14-8-6-5-7-13(14)16(21)18-10-9-17;/h5-8,12H,3-4,9-11,17H2,1-2H3,(H,18,21)(H,19,20);1H. The number of carbonyl (C=O) groups excluding carboxylic acids is 2. The molecular weight excluding hydrogens is 318 g/mol. The first kappa shape index (κ1) is 21.4. The van der Waals surface area contributed by atoms with E-state index in [1.807, 2.05) is 0 Å². The molecule has 0 saturated carbocycles. The van der Waals surface area contributed by atoms with Gasteiger partial charge in [0.25, 0.3) is 11.8 Å². The van der Waals surface area contributed by atoms with Gasteiger partial charge in [-0.2, -0.15) is 0 Å². The van der Waals surface area contributed by atoms with E-state index >= 15 is 0 Å². The summed E-state index contributed by atoms with van der Waals surface area (Å²) in [5.41, 5.74) is 6.24. The van der Waals surface area contributed by atoms with E-state index < -0.39 is 6.10 Å². The van der Waals surface area contributed by atoms with Gasteiger partial charge in [-0.1, -0.05) is 25.5 Å². The van der Waals surface area contributed by atoms with Crippen molar-refractivity contribution in [3.05, 3.63) is 29.8 Å². The third-order valence-electron chi connectivity index (χ3n) is 3.09. The van der Waals surface area contributed by atoms with E-state index in [1.54, 1.807) is 31.2 Å². The normalized spacial score (nSPS) is 11.3. The van der Waals surface area contributed by atoms with E-state index in [4.69, 9.17) is 10.5 Å². The zero-order valence-electron chi connectivity index (χ0n) is 13.6. The lowest BCUT2D eigenvalue weighted by atomic mass is 10.1. The average Bonchev–Trinajstić information content (AvgIpc) is 2.53. The average molecular weight is 344 g/mol. The van der Waals surface area contributed by atoms with Crippen molar-refractivity contribution in [2.24, 2.45) is 5.73 Å². The van der Waals surface area contributed by atoms with Crippen LogP contribution in [0, 0.1) is 0 Å². The van der Waals surface area contributed by atoms with Crippen LogP contribution in [0.25, 0.3) is 0 Å². The van der Waals surface area contributed by atoms with Gasteiger partial charge in [-0.15, -0.1) is 12.4 Å². The summed E-state index contributed by atoms with van der Waals surface area (Å²) in [5.74, 6) is -0.531. The zero-order valence-corrected chi connectivity index (χ0v) is 14.4. The summed E-state index contributed by atoms with van der Waals surface area (Å²) in [6, 6.07) is 6.85. The van der Waals surface area contributed by atoms with Gasteiger partial charge >= 0.3 is 0 Å². The quantitative estimate of drug-likeness (QED) is 0.597. The monoisotopic (exact) mass is 343 g/mol. The number of carbonyl (C=O) groups is 2. The lowest BCUT2D eigenvalue weighted by Gasteiger charge is -2.15. The van der Waals surface area contributed by atoms with Crippen molar-refractivity contribution in [1.29, 1.82) is 0 Å². The van der Waals surface area contributed by atoms with Crippen molar-refractivity contribution >= 4 is 29.9 Å². The molecule has 0 saturated heterocycles. The Kier molecular flexibility index (Phi) is 11.0. The second-order valence-corrected chi connectivity index (χ2v) is 4.95. The van der Waals surface area contributed by atoms with Crippen LogP contribution >= 0.6 is 12.4 Å². The van der Waals surface area contributed by atoms with E-state index in [9.17, 15) is 9.59 Å². The predicted molar refractivity (Wildman–Crippen MR) is 94.0 cm³/mol. The van der Waals surface area contributed by atoms with Crippen molar-refractivity contribution < 1.29 is 14.3 Å². The molecule has 0 fully saturated rings. The van der Waals surface area contributed by atoms with Gasteiger partial charge in [0.15, 0.2) is 0 Å². The Morgan fingerprint density at radius 3 is 2.65 bits per heavy atom. The zero-order chi connectivity index (χ0) is 16.4. The van der Waals surface area contributed by atoms with Crippen LogP contribution in [0.3, 0.4) is 0 Å². The number of para-hydroxylation sites is 1. The topological polar surface area (TPSA) is 93.4 Å². The Hall–Kier alpha value is -1.63. The summed E-state index contributed by atoms with van der Waals surface area (Å²) in [5, 5.41) is 5.43. The highest BCUT2D eigenvalue weighted by Gasteiger charge is 2.17. The first-order chi connectivity index (χ1) is 10.6. The molecule has 0 heterocycles. The number of hydrogen-bond donors (Lipinski definition) is 3. The molecule has 0 aromatic heterocycles. The maximum atomic E-state index is 12.1. The van der Waals surface area contributed by atoms with Crippen LogP contribution in [0.5, 0.6) is 0 Å². The van der Waals surface area contributed by atoms with E-state index in [1.165, 1.54) is 0 Å². The Bertz CT molecular complexity index is 497. The van der Waals surface area contributed by atoms with E-state index in [0.29, 0.717) is 30.9 Å². The Labute approximate surface area is 143 Å². The molecule has 1 unspecified atom stereocenters. The molecule has 0 aliphatic heterocycles. The second kappa shape index (κ2) is 11.9. The van der Waals surface area contributed by atoms with Crippen LogP contribution in [-0.2, 0) is 9.53 Å². The van der Waals surface area contributed by atoms with Crippen molar-refractivity contribution in [2.45, 2.75) is 32.8 Å². The fourth-order valence-electron chi connectivity index (χ4n) is 1.79. The molecular formula is C16H26ClN3O3. The smallest absolute Gasteiger partial charge is 0.253 e. The van der Waals surface area contributed by atoms with Gasteiger partial charge in [0, 0.05) is 19.7 Å². The summed E-state index contributed by atoms with van der Waals surface area (Å²) in [6.45, 7) is 5.05. The summed E-state index contributed by atoms with van der Waals surface area (Å²) in [6.07, 6.45) is 1.36. The summed E-state index contributed by atoms with van der Waals surface area (Å²) in [4.78, 5) is 24.1. The molecule has 1 aromatic rings. The van der Waals surface area contributed by atoms with Gasteiger partial charge in [0.1, 0.15) is 6.10 Å². The molecule has 0 spiro atoms. The van der Waals surface area contributed by atoms with Crippen LogP contribution in [0.1, 0.15) is 37.0 Å². The summed E-state index contributed by atoms with van der Waals surface area (Å²) < 4.78 is 5.45. The number of benzene rings is 1. The highest BCUT2D eigenvalue weighted by molar-refractivity contribution is 6.04. The SMILES string of the molecule is CCCCOC(C)C(=O)Nc1ccccc1C(=O)NCCN.Cl. The molecule has 4 N–H and O–H groups in total. The summed E-state index contributed by atoms with van der Waals surface area (Å²) >= 11 is 0. The van der Waals surface area contributed by atoms with Gasteiger partial charge < -0.3 is 21.1 Å². The lowest BCUT2D eigenvalue weighted by molar-refractivity contribution is -0.126. The number of halogens is 1. The minimum atomic E-state index is -0.563. The maximum Gasteiger partial charge on any atom is 0.253 e. The second-order valence-electron chi connectivity index (χ2n) is 4.95. The van der Waals surface area contributed by atoms with Gasteiger partial charge in [0.2, 0.25) is 0 Å². The van der Waals surface area contributed by atoms with Crippen LogP contribution in [-0.4, -0.2) is 37.6 Å². The first-order valence-electron chi connectivity index (χ1n) is 7.59.